The summed E-state index contributed by atoms with van der Waals surface area (Å²) in [6, 6.07) is 10.8. The van der Waals surface area contributed by atoms with E-state index in [1.165, 1.54) is 0 Å². The molecule has 1 aromatic carbocycles. The first kappa shape index (κ1) is 16.7. The number of urea groups is 1. The molecular weight excluding hydrogens is 326 g/mol. The normalized spacial score (nSPS) is 16.8. The number of carbonyl (C=O) groups excluding carboxylic acids is 1. The van der Waals surface area contributed by atoms with E-state index < -0.39 is 0 Å². The van der Waals surface area contributed by atoms with Crippen molar-refractivity contribution >= 4 is 23.3 Å². The number of halogens is 1. The SMILES string of the molecule is O=C(Nc1ccccc1Cl)N(Cc1ccncc1)C[C@@H]1CCCO1. The number of aromatic nitrogens is 1. The van der Waals surface area contributed by atoms with Crippen LogP contribution < -0.4 is 5.32 Å². The topological polar surface area (TPSA) is 54.5 Å². The molecule has 1 aromatic heterocycles. The number of carbonyl (C=O) groups is 1. The fraction of sp³-hybridized carbons (Fsp3) is 0.333. The smallest absolute Gasteiger partial charge is 0.322 e. The lowest BCUT2D eigenvalue weighted by Crippen LogP contribution is -2.39. The van der Waals surface area contributed by atoms with Crippen molar-refractivity contribution in [1.29, 1.82) is 0 Å². The van der Waals surface area contributed by atoms with E-state index in [-0.39, 0.29) is 12.1 Å². The maximum absolute atomic E-state index is 12.7. The van der Waals surface area contributed by atoms with E-state index >= 15 is 0 Å². The Morgan fingerprint density at radius 1 is 1.29 bits per heavy atom. The van der Waals surface area contributed by atoms with Gasteiger partial charge in [0.1, 0.15) is 0 Å². The Bertz CT molecular complexity index is 675. The number of hydrogen-bond acceptors (Lipinski definition) is 3. The summed E-state index contributed by atoms with van der Waals surface area (Å²) in [6.07, 6.45) is 5.56. The van der Waals surface area contributed by atoms with Gasteiger partial charge in [-0.05, 0) is 42.7 Å². The van der Waals surface area contributed by atoms with Crippen molar-refractivity contribution in [3.8, 4) is 0 Å². The second kappa shape index (κ2) is 8.13. The van der Waals surface area contributed by atoms with E-state index in [0.717, 1.165) is 25.0 Å². The first-order chi connectivity index (χ1) is 11.7. The van der Waals surface area contributed by atoms with Gasteiger partial charge in [0.2, 0.25) is 0 Å². The molecule has 0 bridgehead atoms. The largest absolute Gasteiger partial charge is 0.376 e. The lowest BCUT2D eigenvalue weighted by Gasteiger charge is -2.26. The van der Waals surface area contributed by atoms with E-state index in [1.807, 2.05) is 24.3 Å². The zero-order chi connectivity index (χ0) is 16.8. The predicted octanol–water partition coefficient (Wildman–Crippen LogP) is 3.95. The number of hydrogen-bond donors (Lipinski definition) is 1. The Morgan fingerprint density at radius 2 is 2.08 bits per heavy atom. The van der Waals surface area contributed by atoms with Crippen LogP contribution in [-0.2, 0) is 11.3 Å². The van der Waals surface area contributed by atoms with Crippen molar-refractivity contribution in [3.63, 3.8) is 0 Å². The molecule has 0 spiro atoms. The van der Waals surface area contributed by atoms with Gasteiger partial charge in [0, 0.05) is 32.1 Å². The fourth-order valence-corrected chi connectivity index (χ4v) is 2.90. The summed E-state index contributed by atoms with van der Waals surface area (Å²) < 4.78 is 5.69. The van der Waals surface area contributed by atoms with Gasteiger partial charge >= 0.3 is 6.03 Å². The van der Waals surface area contributed by atoms with Crippen LogP contribution in [0.5, 0.6) is 0 Å². The molecule has 0 aliphatic carbocycles. The van der Waals surface area contributed by atoms with Crippen LogP contribution in [0.1, 0.15) is 18.4 Å². The molecule has 0 unspecified atom stereocenters. The summed E-state index contributed by atoms with van der Waals surface area (Å²) >= 11 is 6.14. The van der Waals surface area contributed by atoms with Gasteiger partial charge in [0.25, 0.3) is 0 Å². The first-order valence-electron chi connectivity index (χ1n) is 8.03. The van der Waals surface area contributed by atoms with Crippen LogP contribution in [0.3, 0.4) is 0 Å². The van der Waals surface area contributed by atoms with Gasteiger partial charge in [-0.2, -0.15) is 0 Å². The highest BCUT2D eigenvalue weighted by Gasteiger charge is 2.23. The third kappa shape index (κ3) is 4.46. The summed E-state index contributed by atoms with van der Waals surface area (Å²) in [6.45, 7) is 1.82. The van der Waals surface area contributed by atoms with E-state index in [9.17, 15) is 4.79 Å². The van der Waals surface area contributed by atoms with Gasteiger partial charge in [-0.3, -0.25) is 4.98 Å². The number of nitrogens with one attached hydrogen (secondary N) is 1. The van der Waals surface area contributed by atoms with Gasteiger partial charge in [-0.1, -0.05) is 23.7 Å². The molecule has 1 aliphatic rings. The lowest BCUT2D eigenvalue weighted by atomic mass is 10.2. The monoisotopic (exact) mass is 345 g/mol. The van der Waals surface area contributed by atoms with Crippen LogP contribution in [0.15, 0.2) is 48.8 Å². The molecule has 2 aromatic rings. The van der Waals surface area contributed by atoms with Crippen LogP contribution in [0.2, 0.25) is 5.02 Å². The minimum atomic E-state index is -0.185. The molecule has 1 atom stereocenters. The Kier molecular flexibility index (Phi) is 5.67. The third-order valence-corrected chi connectivity index (χ3v) is 4.30. The summed E-state index contributed by atoms with van der Waals surface area (Å²) in [7, 11) is 0. The number of rotatable bonds is 5. The summed E-state index contributed by atoms with van der Waals surface area (Å²) in [4.78, 5) is 18.5. The molecule has 0 saturated carbocycles. The van der Waals surface area contributed by atoms with Gasteiger partial charge in [-0.25, -0.2) is 4.79 Å². The van der Waals surface area contributed by atoms with E-state index in [4.69, 9.17) is 16.3 Å². The second-order valence-electron chi connectivity index (χ2n) is 5.78. The van der Waals surface area contributed by atoms with Gasteiger partial charge in [0.15, 0.2) is 0 Å². The van der Waals surface area contributed by atoms with Crippen molar-refractivity contribution in [2.45, 2.75) is 25.5 Å². The maximum Gasteiger partial charge on any atom is 0.322 e. The molecule has 1 fully saturated rings. The number of benzene rings is 1. The van der Waals surface area contributed by atoms with Crippen LogP contribution in [0.4, 0.5) is 10.5 Å². The zero-order valence-corrected chi connectivity index (χ0v) is 14.1. The number of pyridine rings is 1. The van der Waals surface area contributed by atoms with Gasteiger partial charge in [0.05, 0.1) is 16.8 Å². The van der Waals surface area contributed by atoms with E-state index in [1.54, 1.807) is 29.4 Å². The van der Waals surface area contributed by atoms with Crippen LogP contribution in [0.25, 0.3) is 0 Å². The van der Waals surface area contributed by atoms with Crippen LogP contribution in [-0.4, -0.2) is 35.2 Å². The molecular formula is C18H20ClN3O2. The summed E-state index contributed by atoms with van der Waals surface area (Å²) in [5.74, 6) is 0. The Balaban J connectivity index is 1.72. The van der Waals surface area contributed by atoms with Gasteiger partial charge in [-0.15, -0.1) is 0 Å². The van der Waals surface area contributed by atoms with Crippen LogP contribution in [0, 0.1) is 0 Å². The average molecular weight is 346 g/mol. The zero-order valence-electron chi connectivity index (χ0n) is 13.3. The van der Waals surface area contributed by atoms with Crippen molar-refractivity contribution in [2.75, 3.05) is 18.5 Å². The number of amides is 2. The second-order valence-corrected chi connectivity index (χ2v) is 6.19. The highest BCUT2D eigenvalue weighted by atomic mass is 35.5. The van der Waals surface area contributed by atoms with Crippen molar-refractivity contribution in [3.05, 3.63) is 59.4 Å². The molecule has 1 saturated heterocycles. The molecule has 6 heteroatoms. The number of para-hydroxylation sites is 1. The molecule has 2 amide bonds. The lowest BCUT2D eigenvalue weighted by molar-refractivity contribution is 0.0819. The standard InChI is InChI=1S/C18H20ClN3O2/c19-16-5-1-2-6-17(16)21-18(23)22(13-15-4-3-11-24-15)12-14-7-9-20-10-8-14/h1-2,5-10,15H,3-4,11-13H2,(H,21,23)/t15-/m0/s1. The highest BCUT2D eigenvalue weighted by Crippen LogP contribution is 2.22. The Morgan fingerprint density at radius 3 is 2.79 bits per heavy atom. The molecule has 1 N–H and O–H groups in total. The number of anilines is 1. The Labute approximate surface area is 146 Å². The maximum atomic E-state index is 12.7. The van der Waals surface area contributed by atoms with Gasteiger partial charge < -0.3 is 15.0 Å². The molecule has 2 heterocycles. The van der Waals surface area contributed by atoms with Crippen LogP contribution >= 0.6 is 11.6 Å². The molecule has 5 nitrogen and oxygen atoms in total. The Hall–Kier alpha value is -2.11. The molecule has 24 heavy (non-hydrogen) atoms. The molecule has 0 radical (unpaired) electrons. The minimum Gasteiger partial charge on any atom is -0.376 e. The van der Waals surface area contributed by atoms with Crippen molar-refractivity contribution in [2.24, 2.45) is 0 Å². The quantitative estimate of drug-likeness (QED) is 0.892. The van der Waals surface area contributed by atoms with Crippen molar-refractivity contribution < 1.29 is 9.53 Å². The predicted molar refractivity (Wildman–Crippen MR) is 94.1 cm³/mol. The van der Waals surface area contributed by atoms with Crippen molar-refractivity contribution in [1.82, 2.24) is 9.88 Å². The fourth-order valence-electron chi connectivity index (χ4n) is 2.72. The highest BCUT2D eigenvalue weighted by molar-refractivity contribution is 6.33. The minimum absolute atomic E-state index is 0.0869. The third-order valence-electron chi connectivity index (χ3n) is 3.97. The summed E-state index contributed by atoms with van der Waals surface area (Å²) in [5, 5.41) is 3.41. The average Bonchev–Trinajstić information content (AvgIpc) is 3.10. The van der Waals surface area contributed by atoms with E-state index in [0.29, 0.717) is 23.8 Å². The first-order valence-corrected chi connectivity index (χ1v) is 8.41. The molecule has 1 aliphatic heterocycles. The summed E-state index contributed by atoms with van der Waals surface area (Å²) in [5.41, 5.74) is 1.63. The number of nitrogens with zero attached hydrogens (tertiary/aromatic N) is 2. The molecule has 3 rings (SSSR count). The van der Waals surface area contributed by atoms with E-state index in [2.05, 4.69) is 10.3 Å². The molecule has 126 valence electrons. The number of ether oxygens (including phenoxy) is 1.